The molecule has 1 aromatic heterocycles. The summed E-state index contributed by atoms with van der Waals surface area (Å²) >= 11 is 0. The highest BCUT2D eigenvalue weighted by Crippen LogP contribution is 2.37. The number of aryl methyl sites for hydroxylation is 1. The molecule has 4 aromatic rings. The average molecular weight is 424 g/mol. The van der Waals surface area contributed by atoms with Gasteiger partial charge in [0.15, 0.2) is 0 Å². The van der Waals surface area contributed by atoms with Crippen molar-refractivity contribution in [1.29, 1.82) is 0 Å². The second-order valence-corrected chi connectivity index (χ2v) is 7.88. The first-order valence-corrected chi connectivity index (χ1v) is 10.7. The molecule has 0 fully saturated rings. The van der Waals surface area contributed by atoms with Crippen molar-refractivity contribution in [1.82, 2.24) is 5.16 Å². The smallest absolute Gasteiger partial charge is 0.237 e. The van der Waals surface area contributed by atoms with Crippen LogP contribution in [0.5, 0.6) is 0 Å². The molecule has 32 heavy (non-hydrogen) atoms. The number of anilines is 2. The highest BCUT2D eigenvalue weighted by molar-refractivity contribution is 5.69. The molecule has 160 valence electrons. The van der Waals surface area contributed by atoms with E-state index in [0.29, 0.717) is 12.4 Å². The molecule has 1 unspecified atom stereocenters. The number of ether oxygens (including phenoxy) is 1. The third-order valence-corrected chi connectivity index (χ3v) is 5.80. The minimum atomic E-state index is -0.304. The van der Waals surface area contributed by atoms with Crippen LogP contribution in [0.15, 0.2) is 95.8 Å². The monoisotopic (exact) mass is 423 g/mol. The van der Waals surface area contributed by atoms with Gasteiger partial charge >= 0.3 is 0 Å². The van der Waals surface area contributed by atoms with Crippen molar-refractivity contribution in [2.45, 2.75) is 26.6 Å². The molecule has 0 saturated heterocycles. The van der Waals surface area contributed by atoms with Gasteiger partial charge in [-0.1, -0.05) is 65.8 Å². The third kappa shape index (κ3) is 3.85. The zero-order chi connectivity index (χ0) is 21.9. The minimum absolute atomic E-state index is 0.304. The number of aromatic nitrogens is 1. The molecular formula is C27H25N3O2. The van der Waals surface area contributed by atoms with Crippen LogP contribution in [0.2, 0.25) is 0 Å². The zero-order valence-electron chi connectivity index (χ0n) is 18.2. The van der Waals surface area contributed by atoms with Crippen LogP contribution in [0.3, 0.4) is 0 Å². The highest BCUT2D eigenvalue weighted by Gasteiger charge is 2.29. The Kier molecular flexibility index (Phi) is 5.38. The van der Waals surface area contributed by atoms with Gasteiger partial charge in [-0.25, -0.2) is 0 Å². The van der Waals surface area contributed by atoms with Crippen LogP contribution in [0.4, 0.5) is 11.6 Å². The lowest BCUT2D eigenvalue weighted by Gasteiger charge is -2.24. The van der Waals surface area contributed by atoms with E-state index >= 15 is 0 Å². The summed E-state index contributed by atoms with van der Waals surface area (Å²) in [6.45, 7) is 4.65. The molecule has 5 rings (SSSR count). The number of nitrogens with zero attached hydrogens (tertiary/aromatic N) is 2. The normalized spacial score (nSPS) is 15.1. The van der Waals surface area contributed by atoms with Crippen LogP contribution in [0, 0.1) is 13.8 Å². The maximum atomic E-state index is 5.97. The van der Waals surface area contributed by atoms with E-state index in [4.69, 9.17) is 9.26 Å². The van der Waals surface area contributed by atoms with Crippen molar-refractivity contribution in [2.75, 3.05) is 10.2 Å². The van der Waals surface area contributed by atoms with Gasteiger partial charge in [-0.05, 0) is 48.7 Å². The lowest BCUT2D eigenvalue weighted by molar-refractivity contribution is 0.169. The van der Waals surface area contributed by atoms with Gasteiger partial charge < -0.3 is 14.6 Å². The second kappa shape index (κ2) is 8.63. The van der Waals surface area contributed by atoms with Crippen LogP contribution in [0.1, 0.15) is 28.6 Å². The Morgan fingerprint density at radius 3 is 2.41 bits per heavy atom. The topological polar surface area (TPSA) is 50.5 Å². The molecule has 0 amide bonds. The van der Waals surface area contributed by atoms with Gasteiger partial charge in [-0.3, -0.25) is 4.90 Å². The fraction of sp³-hybridized carbons (Fsp3) is 0.148. The summed E-state index contributed by atoms with van der Waals surface area (Å²) in [7, 11) is 0. The number of nitrogens with one attached hydrogen (secondary N) is 1. The Hall–Kier alpha value is -3.99. The van der Waals surface area contributed by atoms with Gasteiger partial charge in [0.25, 0.3) is 0 Å². The SMILES string of the molecule is Cc1noc(N2C=COC2c2ccc(-c3ccccc3)c(CNc3ccccc3)c2)c1C. The lowest BCUT2D eigenvalue weighted by Crippen LogP contribution is -2.20. The van der Waals surface area contributed by atoms with Crippen molar-refractivity contribution in [2.24, 2.45) is 0 Å². The van der Waals surface area contributed by atoms with E-state index < -0.39 is 0 Å². The number of hydrogen-bond acceptors (Lipinski definition) is 5. The highest BCUT2D eigenvalue weighted by atomic mass is 16.5. The molecule has 0 spiro atoms. The average Bonchev–Trinajstić information content (AvgIpc) is 3.45. The molecule has 2 heterocycles. The van der Waals surface area contributed by atoms with Crippen LogP contribution < -0.4 is 10.2 Å². The molecule has 5 heteroatoms. The standard InChI is InChI=1S/C27H25N3O2/c1-19-20(2)29-32-26(19)30-15-16-31-27(30)22-13-14-25(21-9-5-3-6-10-21)23(17-22)18-28-24-11-7-4-8-12-24/h3-17,27-28H,18H2,1-2H3. The van der Waals surface area contributed by atoms with Gasteiger partial charge in [0, 0.05) is 29.6 Å². The molecule has 1 N–H and O–H groups in total. The number of hydrogen-bond donors (Lipinski definition) is 1. The molecule has 0 bridgehead atoms. The van der Waals surface area contributed by atoms with E-state index in [2.05, 4.69) is 65.1 Å². The number of rotatable bonds is 6. The summed E-state index contributed by atoms with van der Waals surface area (Å²) in [5.41, 5.74) is 7.61. The second-order valence-electron chi connectivity index (χ2n) is 7.88. The summed E-state index contributed by atoms with van der Waals surface area (Å²) < 4.78 is 11.6. The predicted molar refractivity (Wildman–Crippen MR) is 127 cm³/mol. The molecule has 0 saturated carbocycles. The quantitative estimate of drug-likeness (QED) is 0.380. The minimum Gasteiger partial charge on any atom is -0.472 e. The van der Waals surface area contributed by atoms with Crippen molar-refractivity contribution < 1.29 is 9.26 Å². The largest absolute Gasteiger partial charge is 0.472 e. The van der Waals surface area contributed by atoms with E-state index in [1.54, 1.807) is 6.26 Å². The van der Waals surface area contributed by atoms with Crippen molar-refractivity contribution in [3.8, 4) is 11.1 Å². The Balaban J connectivity index is 1.50. The molecule has 1 aliphatic rings. The summed E-state index contributed by atoms with van der Waals surface area (Å²) in [6.07, 6.45) is 3.29. The van der Waals surface area contributed by atoms with Crippen LogP contribution in [0.25, 0.3) is 11.1 Å². The number of benzene rings is 3. The van der Waals surface area contributed by atoms with Gasteiger partial charge in [0.2, 0.25) is 12.1 Å². The van der Waals surface area contributed by atoms with Gasteiger partial charge in [0.1, 0.15) is 6.26 Å². The van der Waals surface area contributed by atoms with Crippen LogP contribution in [-0.4, -0.2) is 5.16 Å². The fourth-order valence-corrected chi connectivity index (χ4v) is 3.94. The lowest BCUT2D eigenvalue weighted by atomic mass is 9.96. The molecule has 0 aliphatic carbocycles. The zero-order valence-corrected chi connectivity index (χ0v) is 18.2. The van der Waals surface area contributed by atoms with E-state index in [0.717, 1.165) is 22.5 Å². The van der Waals surface area contributed by atoms with E-state index in [-0.39, 0.29) is 6.23 Å². The van der Waals surface area contributed by atoms with Crippen LogP contribution in [-0.2, 0) is 11.3 Å². The maximum Gasteiger partial charge on any atom is 0.237 e. The Labute approximate surface area is 187 Å². The number of para-hydroxylation sites is 1. The third-order valence-electron chi connectivity index (χ3n) is 5.80. The van der Waals surface area contributed by atoms with Crippen molar-refractivity contribution >= 4 is 11.6 Å². The van der Waals surface area contributed by atoms with Crippen molar-refractivity contribution in [3.63, 3.8) is 0 Å². The fourth-order valence-electron chi connectivity index (χ4n) is 3.94. The summed E-state index contributed by atoms with van der Waals surface area (Å²) in [6, 6.07) is 27.2. The summed E-state index contributed by atoms with van der Waals surface area (Å²) in [4.78, 5) is 1.99. The van der Waals surface area contributed by atoms with Crippen molar-refractivity contribution in [3.05, 3.63) is 114 Å². The molecule has 1 aliphatic heterocycles. The molecule has 3 aromatic carbocycles. The summed E-state index contributed by atoms with van der Waals surface area (Å²) in [5.74, 6) is 0.706. The first kappa shape index (κ1) is 19.9. The summed E-state index contributed by atoms with van der Waals surface area (Å²) in [5, 5.41) is 7.65. The Morgan fingerprint density at radius 2 is 1.69 bits per heavy atom. The predicted octanol–water partition coefficient (Wildman–Crippen LogP) is 6.58. The molecule has 0 radical (unpaired) electrons. The van der Waals surface area contributed by atoms with Gasteiger partial charge in [0.05, 0.1) is 5.69 Å². The van der Waals surface area contributed by atoms with E-state index in [1.165, 1.54) is 16.7 Å². The Bertz CT molecular complexity index is 1230. The first-order chi connectivity index (χ1) is 15.7. The molecular weight excluding hydrogens is 398 g/mol. The van der Waals surface area contributed by atoms with E-state index in [9.17, 15) is 0 Å². The first-order valence-electron chi connectivity index (χ1n) is 10.7. The van der Waals surface area contributed by atoms with Crippen LogP contribution >= 0.6 is 0 Å². The van der Waals surface area contributed by atoms with Gasteiger partial charge in [-0.2, -0.15) is 0 Å². The Morgan fingerprint density at radius 1 is 0.938 bits per heavy atom. The van der Waals surface area contributed by atoms with E-state index in [1.807, 2.05) is 49.2 Å². The maximum absolute atomic E-state index is 5.97. The van der Waals surface area contributed by atoms with Gasteiger partial charge in [-0.15, -0.1) is 0 Å². The molecule has 1 atom stereocenters. The molecule has 5 nitrogen and oxygen atoms in total.